The smallest absolute Gasteiger partial charge is 0.221 e. The van der Waals surface area contributed by atoms with Crippen LogP contribution >= 0.6 is 11.8 Å². The van der Waals surface area contributed by atoms with Crippen LogP contribution in [-0.2, 0) is 0 Å². The molecule has 78 valence electrons. The Morgan fingerprint density at radius 3 is 2.86 bits per heavy atom. The number of hydrogen-bond acceptors (Lipinski definition) is 5. The van der Waals surface area contributed by atoms with Gasteiger partial charge in [-0.3, -0.25) is 0 Å². The van der Waals surface area contributed by atoms with Crippen molar-refractivity contribution in [2.75, 3.05) is 12.3 Å². The molecule has 0 bridgehead atoms. The van der Waals surface area contributed by atoms with Gasteiger partial charge in [-0.2, -0.15) is 0 Å². The molecule has 0 saturated heterocycles. The molecular weight excluding hydrogens is 205 g/mol. The predicted molar refractivity (Wildman–Crippen MR) is 53.4 cm³/mol. The zero-order valence-electron chi connectivity index (χ0n) is 7.99. The summed E-state index contributed by atoms with van der Waals surface area (Å²) in [5, 5.41) is 9.16. The second-order valence-corrected chi connectivity index (χ2v) is 5.10. The van der Waals surface area contributed by atoms with Crippen LogP contribution < -0.4 is 5.73 Å². The average Bonchev–Trinajstić information content (AvgIpc) is 2.11. The molecule has 1 aromatic rings. The lowest BCUT2D eigenvalue weighted by Crippen LogP contribution is -2.20. The molecule has 4 nitrogen and oxygen atoms in total. The highest BCUT2D eigenvalue weighted by Crippen LogP contribution is 2.32. The molecule has 0 unspecified atom stereocenters. The number of hydrogen-bond donors (Lipinski definition) is 2. The SMILES string of the molecule is CC(C)(CO)Sc1nc(N)ncc1F. The molecule has 0 amide bonds. The molecule has 1 heterocycles. The first kappa shape index (κ1) is 11.2. The van der Waals surface area contributed by atoms with Crippen LogP contribution in [0.2, 0.25) is 0 Å². The number of aromatic nitrogens is 2. The first-order chi connectivity index (χ1) is 6.44. The van der Waals surface area contributed by atoms with Crippen molar-refractivity contribution >= 4 is 17.7 Å². The molecule has 1 aromatic heterocycles. The zero-order valence-corrected chi connectivity index (χ0v) is 8.81. The fourth-order valence-electron chi connectivity index (χ4n) is 0.730. The van der Waals surface area contributed by atoms with Gasteiger partial charge >= 0.3 is 0 Å². The van der Waals surface area contributed by atoms with Gasteiger partial charge in [0.15, 0.2) is 5.82 Å². The third-order valence-electron chi connectivity index (χ3n) is 1.48. The van der Waals surface area contributed by atoms with E-state index in [2.05, 4.69) is 9.97 Å². The summed E-state index contributed by atoms with van der Waals surface area (Å²) in [4.78, 5) is 7.26. The summed E-state index contributed by atoms with van der Waals surface area (Å²) in [5.41, 5.74) is 5.32. The van der Waals surface area contributed by atoms with Crippen molar-refractivity contribution in [2.45, 2.75) is 23.6 Å². The second kappa shape index (κ2) is 4.10. The van der Waals surface area contributed by atoms with Crippen molar-refractivity contribution in [3.63, 3.8) is 0 Å². The van der Waals surface area contributed by atoms with Crippen LogP contribution in [0.15, 0.2) is 11.2 Å². The van der Waals surface area contributed by atoms with Crippen LogP contribution in [0.1, 0.15) is 13.8 Å². The maximum Gasteiger partial charge on any atom is 0.221 e. The van der Waals surface area contributed by atoms with Crippen LogP contribution in [0, 0.1) is 5.82 Å². The monoisotopic (exact) mass is 217 g/mol. The van der Waals surface area contributed by atoms with Crippen LogP contribution in [0.4, 0.5) is 10.3 Å². The molecule has 0 spiro atoms. The van der Waals surface area contributed by atoms with E-state index in [1.54, 1.807) is 13.8 Å². The lowest BCUT2D eigenvalue weighted by molar-refractivity contribution is 0.264. The highest BCUT2D eigenvalue weighted by Gasteiger charge is 2.21. The molecule has 0 aromatic carbocycles. The minimum Gasteiger partial charge on any atom is -0.395 e. The van der Waals surface area contributed by atoms with Gasteiger partial charge in [-0.1, -0.05) is 11.8 Å². The molecule has 6 heteroatoms. The maximum absolute atomic E-state index is 13.2. The largest absolute Gasteiger partial charge is 0.395 e. The van der Waals surface area contributed by atoms with Gasteiger partial charge in [0, 0.05) is 4.75 Å². The topological polar surface area (TPSA) is 72.0 Å². The number of nitrogens with two attached hydrogens (primary N) is 1. The number of thioether (sulfide) groups is 1. The molecule has 0 saturated carbocycles. The molecule has 3 N–H and O–H groups in total. The Hall–Kier alpha value is -0.880. The summed E-state index contributed by atoms with van der Waals surface area (Å²) in [6, 6.07) is 0. The highest BCUT2D eigenvalue weighted by molar-refractivity contribution is 8.00. The van der Waals surface area contributed by atoms with Crippen molar-refractivity contribution in [1.82, 2.24) is 9.97 Å². The maximum atomic E-state index is 13.2. The Bertz CT molecular complexity index is 332. The lowest BCUT2D eigenvalue weighted by Gasteiger charge is -2.20. The van der Waals surface area contributed by atoms with Crippen molar-refractivity contribution in [2.24, 2.45) is 0 Å². The Kier molecular flexibility index (Phi) is 3.28. The van der Waals surface area contributed by atoms with E-state index in [4.69, 9.17) is 10.8 Å². The molecule has 0 aliphatic rings. The van der Waals surface area contributed by atoms with E-state index < -0.39 is 10.6 Å². The molecule has 0 radical (unpaired) electrons. The summed E-state index contributed by atoms with van der Waals surface area (Å²) in [7, 11) is 0. The molecular formula is C8H12FN3OS. The number of aliphatic hydroxyl groups excluding tert-OH is 1. The summed E-state index contributed by atoms with van der Waals surface area (Å²) in [5.74, 6) is -0.492. The average molecular weight is 217 g/mol. The van der Waals surface area contributed by atoms with Crippen molar-refractivity contribution in [3.8, 4) is 0 Å². The van der Waals surface area contributed by atoms with Gasteiger partial charge in [0.2, 0.25) is 5.95 Å². The number of anilines is 1. The summed E-state index contributed by atoms with van der Waals surface area (Å²) in [6.45, 7) is 3.51. The van der Waals surface area contributed by atoms with Gasteiger partial charge in [0.1, 0.15) is 5.03 Å². The van der Waals surface area contributed by atoms with E-state index in [1.807, 2.05) is 0 Å². The number of nitrogens with zero attached hydrogens (tertiary/aromatic N) is 2. The van der Waals surface area contributed by atoms with E-state index in [9.17, 15) is 4.39 Å². The van der Waals surface area contributed by atoms with Gasteiger partial charge in [-0.25, -0.2) is 14.4 Å². The lowest BCUT2D eigenvalue weighted by atomic mass is 10.2. The van der Waals surface area contributed by atoms with Crippen molar-refractivity contribution in [1.29, 1.82) is 0 Å². The minimum absolute atomic E-state index is 0.0302. The minimum atomic E-state index is -0.522. The van der Waals surface area contributed by atoms with Gasteiger partial charge in [-0.15, -0.1) is 0 Å². The Labute approximate surface area is 85.8 Å². The van der Waals surface area contributed by atoms with Crippen LogP contribution in [0.25, 0.3) is 0 Å². The summed E-state index contributed by atoms with van der Waals surface area (Å²) >= 11 is 1.13. The van der Waals surface area contributed by atoms with E-state index in [-0.39, 0.29) is 17.6 Å². The molecule has 14 heavy (non-hydrogen) atoms. The fourth-order valence-corrected chi connectivity index (χ4v) is 1.61. The fraction of sp³-hybridized carbons (Fsp3) is 0.500. The third-order valence-corrected chi connectivity index (χ3v) is 2.65. The van der Waals surface area contributed by atoms with Crippen molar-refractivity contribution in [3.05, 3.63) is 12.0 Å². The van der Waals surface area contributed by atoms with Gasteiger partial charge in [-0.05, 0) is 13.8 Å². The van der Waals surface area contributed by atoms with Gasteiger partial charge in [0.05, 0.1) is 12.8 Å². The zero-order chi connectivity index (χ0) is 10.8. The third kappa shape index (κ3) is 2.81. The predicted octanol–water partition coefficient (Wildman–Crippen LogP) is 1.06. The second-order valence-electron chi connectivity index (χ2n) is 3.40. The Morgan fingerprint density at radius 2 is 2.29 bits per heavy atom. The van der Waals surface area contributed by atoms with E-state index >= 15 is 0 Å². The normalized spacial score (nSPS) is 11.7. The summed E-state index contributed by atoms with van der Waals surface area (Å²) < 4.78 is 12.7. The summed E-state index contributed by atoms with van der Waals surface area (Å²) in [6.07, 6.45) is 1.03. The molecule has 0 aliphatic carbocycles. The van der Waals surface area contributed by atoms with Gasteiger partial charge in [0.25, 0.3) is 0 Å². The molecule has 0 aliphatic heterocycles. The number of halogens is 1. The molecule has 0 atom stereocenters. The standard InChI is InChI=1S/C8H12FN3OS/c1-8(2,4-13)14-6-5(9)3-11-7(10)12-6/h3,13H,4H2,1-2H3,(H2,10,11,12). The van der Waals surface area contributed by atoms with E-state index in [1.165, 1.54) is 0 Å². The quantitative estimate of drug-likeness (QED) is 0.585. The molecule has 1 rings (SSSR count). The first-order valence-electron chi connectivity index (χ1n) is 4.02. The van der Waals surface area contributed by atoms with Crippen LogP contribution in [0.3, 0.4) is 0 Å². The number of rotatable bonds is 3. The molecule has 0 fully saturated rings. The number of aliphatic hydroxyl groups is 1. The first-order valence-corrected chi connectivity index (χ1v) is 4.84. The van der Waals surface area contributed by atoms with Crippen molar-refractivity contribution < 1.29 is 9.50 Å². The van der Waals surface area contributed by atoms with E-state index in [0.717, 1.165) is 18.0 Å². The highest BCUT2D eigenvalue weighted by atomic mass is 32.2. The Morgan fingerprint density at radius 1 is 1.64 bits per heavy atom. The van der Waals surface area contributed by atoms with Crippen LogP contribution in [0.5, 0.6) is 0 Å². The Balaban J connectivity index is 2.91. The van der Waals surface area contributed by atoms with E-state index in [0.29, 0.717) is 0 Å². The van der Waals surface area contributed by atoms with Crippen LogP contribution in [-0.4, -0.2) is 26.4 Å². The van der Waals surface area contributed by atoms with Gasteiger partial charge < -0.3 is 10.8 Å². The number of nitrogen functional groups attached to an aromatic ring is 1.